The summed E-state index contributed by atoms with van der Waals surface area (Å²) in [5, 5.41) is 3.73. The van der Waals surface area contributed by atoms with Crippen LogP contribution in [-0.4, -0.2) is 30.1 Å². The van der Waals surface area contributed by atoms with Crippen LogP contribution in [-0.2, 0) is 9.53 Å². The number of carbonyl (C=O) groups excluding carboxylic acids is 2. The molecule has 0 atom stereocenters. The third-order valence-corrected chi connectivity index (χ3v) is 3.83. The molecule has 3 aromatic rings. The molecule has 0 radical (unpaired) electrons. The zero-order valence-electron chi connectivity index (χ0n) is 14.7. The number of rotatable bonds is 6. The third kappa shape index (κ3) is 4.14. The lowest BCUT2D eigenvalue weighted by atomic mass is 10.1. The number of fused-ring (bicyclic) bond motifs is 1. The molecule has 1 aromatic heterocycles. The van der Waals surface area contributed by atoms with Crippen molar-refractivity contribution in [3.05, 3.63) is 70.6 Å². The minimum atomic E-state index is -0.511. The minimum absolute atomic E-state index is 0.231. The summed E-state index contributed by atoms with van der Waals surface area (Å²) < 4.78 is 10.6. The number of hydrogen-bond acceptors (Lipinski definition) is 5. The Balaban J connectivity index is 1.72. The molecular weight excluding hydrogens is 348 g/mol. The van der Waals surface area contributed by atoms with Gasteiger partial charge in [0.15, 0.2) is 6.61 Å². The summed E-state index contributed by atoms with van der Waals surface area (Å²) in [6.45, 7) is 1.68. The van der Waals surface area contributed by atoms with Gasteiger partial charge in [-0.2, -0.15) is 0 Å². The topological polar surface area (TPSA) is 97.5 Å². The zero-order chi connectivity index (χ0) is 19.2. The molecule has 2 N–H and O–H groups in total. The minimum Gasteiger partial charge on any atom is -0.483 e. The molecule has 0 aliphatic carbocycles. The Morgan fingerprint density at radius 2 is 1.85 bits per heavy atom. The molecule has 7 nitrogen and oxygen atoms in total. The molecule has 0 saturated carbocycles. The highest BCUT2D eigenvalue weighted by molar-refractivity contribution is 6.01. The molecule has 0 unspecified atom stereocenters. The average Bonchev–Trinajstić information content (AvgIpc) is 2.67. The number of para-hydroxylation sites is 1. The predicted molar refractivity (Wildman–Crippen MR) is 101 cm³/mol. The first-order valence-corrected chi connectivity index (χ1v) is 8.39. The number of amides is 1. The molecule has 1 heterocycles. The van der Waals surface area contributed by atoms with E-state index in [1.165, 1.54) is 6.20 Å². The number of anilines is 1. The smallest absolute Gasteiger partial charge is 0.340 e. The highest BCUT2D eigenvalue weighted by Crippen LogP contribution is 2.23. The molecule has 7 heteroatoms. The number of aromatic nitrogens is 1. The number of esters is 1. The Kier molecular flexibility index (Phi) is 5.51. The van der Waals surface area contributed by atoms with E-state index in [9.17, 15) is 14.4 Å². The third-order valence-electron chi connectivity index (χ3n) is 3.83. The van der Waals surface area contributed by atoms with Gasteiger partial charge in [0.05, 0.1) is 23.2 Å². The first-order chi connectivity index (χ1) is 13.1. The Hall–Kier alpha value is -3.61. The van der Waals surface area contributed by atoms with Crippen LogP contribution in [0.3, 0.4) is 0 Å². The van der Waals surface area contributed by atoms with Gasteiger partial charge < -0.3 is 19.8 Å². The van der Waals surface area contributed by atoms with Gasteiger partial charge in [0, 0.05) is 11.6 Å². The molecule has 1 amide bonds. The van der Waals surface area contributed by atoms with E-state index in [0.717, 1.165) is 0 Å². The van der Waals surface area contributed by atoms with Crippen LogP contribution in [0.1, 0.15) is 17.3 Å². The van der Waals surface area contributed by atoms with Gasteiger partial charge in [-0.05, 0) is 37.3 Å². The SMILES string of the molecule is CCOC(=O)c1ccccc1NC(=O)COc1cccc2c(=O)[nH]ccc12. The maximum Gasteiger partial charge on any atom is 0.340 e. The molecule has 2 aromatic carbocycles. The number of ether oxygens (including phenoxy) is 2. The monoisotopic (exact) mass is 366 g/mol. The van der Waals surface area contributed by atoms with E-state index < -0.39 is 11.9 Å². The lowest BCUT2D eigenvalue weighted by molar-refractivity contribution is -0.118. The second-order valence-corrected chi connectivity index (χ2v) is 5.63. The normalized spacial score (nSPS) is 10.4. The van der Waals surface area contributed by atoms with Gasteiger partial charge in [-0.1, -0.05) is 18.2 Å². The van der Waals surface area contributed by atoms with E-state index in [1.807, 2.05) is 0 Å². The Bertz CT molecular complexity index is 1040. The number of pyridine rings is 1. The predicted octanol–water partition coefficient (Wildman–Crippen LogP) is 2.72. The molecule has 0 aliphatic heterocycles. The summed E-state index contributed by atoms with van der Waals surface area (Å²) in [6.07, 6.45) is 1.52. The van der Waals surface area contributed by atoms with Crippen LogP contribution in [0.25, 0.3) is 10.8 Å². The van der Waals surface area contributed by atoms with Crippen LogP contribution >= 0.6 is 0 Å². The van der Waals surface area contributed by atoms with Crippen molar-refractivity contribution in [1.29, 1.82) is 0 Å². The summed E-state index contributed by atoms with van der Waals surface area (Å²) in [4.78, 5) is 38.7. The van der Waals surface area contributed by atoms with Gasteiger partial charge in [-0.3, -0.25) is 9.59 Å². The van der Waals surface area contributed by atoms with Crippen LogP contribution < -0.4 is 15.6 Å². The van der Waals surface area contributed by atoms with Crippen molar-refractivity contribution < 1.29 is 19.1 Å². The lowest BCUT2D eigenvalue weighted by Gasteiger charge is -2.12. The highest BCUT2D eigenvalue weighted by Gasteiger charge is 2.14. The summed E-state index contributed by atoms with van der Waals surface area (Å²) in [5.74, 6) is -0.524. The van der Waals surface area contributed by atoms with E-state index in [1.54, 1.807) is 55.5 Å². The number of hydrogen-bond donors (Lipinski definition) is 2. The summed E-state index contributed by atoms with van der Waals surface area (Å²) in [5.41, 5.74) is 0.383. The molecule has 0 saturated heterocycles. The fraction of sp³-hybridized carbons (Fsp3) is 0.150. The van der Waals surface area contributed by atoms with E-state index in [4.69, 9.17) is 9.47 Å². The first kappa shape index (κ1) is 18.2. The van der Waals surface area contributed by atoms with Gasteiger partial charge in [-0.25, -0.2) is 4.79 Å². The van der Waals surface area contributed by atoms with Gasteiger partial charge >= 0.3 is 5.97 Å². The fourth-order valence-electron chi connectivity index (χ4n) is 2.63. The molecule has 27 heavy (non-hydrogen) atoms. The van der Waals surface area contributed by atoms with Gasteiger partial charge in [0.1, 0.15) is 5.75 Å². The quantitative estimate of drug-likeness (QED) is 0.654. The van der Waals surface area contributed by atoms with Crippen molar-refractivity contribution in [3.63, 3.8) is 0 Å². The van der Waals surface area contributed by atoms with Crippen molar-refractivity contribution in [2.75, 3.05) is 18.5 Å². The first-order valence-electron chi connectivity index (χ1n) is 8.39. The van der Waals surface area contributed by atoms with E-state index in [0.29, 0.717) is 22.2 Å². The van der Waals surface area contributed by atoms with Crippen LogP contribution in [0.5, 0.6) is 5.75 Å². The van der Waals surface area contributed by atoms with Crippen LogP contribution in [0.15, 0.2) is 59.5 Å². The maximum absolute atomic E-state index is 12.3. The van der Waals surface area contributed by atoms with E-state index >= 15 is 0 Å². The largest absolute Gasteiger partial charge is 0.483 e. The van der Waals surface area contributed by atoms with Crippen molar-refractivity contribution in [1.82, 2.24) is 4.98 Å². The van der Waals surface area contributed by atoms with Crippen molar-refractivity contribution in [2.45, 2.75) is 6.92 Å². The van der Waals surface area contributed by atoms with Crippen LogP contribution in [0.2, 0.25) is 0 Å². The van der Waals surface area contributed by atoms with Gasteiger partial charge in [0.2, 0.25) is 0 Å². The Morgan fingerprint density at radius 3 is 2.67 bits per heavy atom. The van der Waals surface area contributed by atoms with E-state index in [-0.39, 0.29) is 24.3 Å². The fourth-order valence-corrected chi connectivity index (χ4v) is 2.63. The summed E-state index contributed by atoms with van der Waals surface area (Å²) in [7, 11) is 0. The second kappa shape index (κ2) is 8.18. The number of H-pyrrole nitrogens is 1. The summed E-state index contributed by atoms with van der Waals surface area (Å²) in [6, 6.07) is 13.3. The van der Waals surface area contributed by atoms with Crippen LogP contribution in [0, 0.1) is 0 Å². The van der Waals surface area contributed by atoms with Gasteiger partial charge in [-0.15, -0.1) is 0 Å². The van der Waals surface area contributed by atoms with E-state index in [2.05, 4.69) is 10.3 Å². The highest BCUT2D eigenvalue weighted by atomic mass is 16.5. The Labute approximate surface area is 154 Å². The zero-order valence-corrected chi connectivity index (χ0v) is 14.7. The van der Waals surface area contributed by atoms with Crippen molar-refractivity contribution in [2.24, 2.45) is 0 Å². The molecule has 0 bridgehead atoms. The molecule has 0 fully saturated rings. The maximum atomic E-state index is 12.3. The molecule has 0 aliphatic rings. The standard InChI is InChI=1S/C20H18N2O5/c1-2-26-20(25)15-6-3-4-8-16(15)22-18(23)12-27-17-9-5-7-14-13(17)10-11-21-19(14)24/h3-11H,2,12H2,1H3,(H,21,24)(H,22,23). The molecule has 138 valence electrons. The van der Waals surface area contributed by atoms with Crippen molar-refractivity contribution in [3.8, 4) is 5.75 Å². The molecular formula is C20H18N2O5. The lowest BCUT2D eigenvalue weighted by Crippen LogP contribution is -2.22. The number of benzene rings is 2. The van der Waals surface area contributed by atoms with Crippen LogP contribution in [0.4, 0.5) is 5.69 Å². The Morgan fingerprint density at radius 1 is 1.04 bits per heavy atom. The molecule has 0 spiro atoms. The second-order valence-electron chi connectivity index (χ2n) is 5.63. The number of nitrogens with one attached hydrogen (secondary N) is 2. The summed E-state index contributed by atoms with van der Waals surface area (Å²) >= 11 is 0. The number of carbonyl (C=O) groups is 2. The molecule has 3 rings (SSSR count). The van der Waals surface area contributed by atoms with Gasteiger partial charge in [0.25, 0.3) is 11.5 Å². The average molecular weight is 366 g/mol. The van der Waals surface area contributed by atoms with Crippen molar-refractivity contribution >= 4 is 28.3 Å². The number of aromatic amines is 1.